The van der Waals surface area contributed by atoms with Crippen LogP contribution in [0.5, 0.6) is 0 Å². The monoisotopic (exact) mass is 215 g/mol. The van der Waals surface area contributed by atoms with Crippen molar-refractivity contribution in [3.63, 3.8) is 0 Å². The lowest BCUT2D eigenvalue weighted by atomic mass is 10.2. The average molecular weight is 216 g/mol. The van der Waals surface area contributed by atoms with Gasteiger partial charge in [-0.05, 0) is 25.0 Å². The zero-order valence-corrected chi connectivity index (χ0v) is 8.56. The summed E-state index contributed by atoms with van der Waals surface area (Å²) in [5, 5.41) is 2.79. The number of carbonyl (C=O) groups excluding carboxylic acids is 1. The van der Waals surface area contributed by atoms with Crippen molar-refractivity contribution in [2.24, 2.45) is 5.73 Å². The molecule has 0 saturated heterocycles. The van der Waals surface area contributed by atoms with Crippen LogP contribution in [0.4, 0.5) is 0 Å². The molecule has 1 fully saturated rings. The molecular formula is C9H14ClN3O. The predicted molar refractivity (Wildman–Crippen MR) is 56.0 cm³/mol. The van der Waals surface area contributed by atoms with Crippen molar-refractivity contribution in [2.45, 2.75) is 24.9 Å². The molecule has 4 nitrogen and oxygen atoms in total. The summed E-state index contributed by atoms with van der Waals surface area (Å²) in [5.41, 5.74) is 6.14. The van der Waals surface area contributed by atoms with Crippen LogP contribution in [0.15, 0.2) is 18.3 Å². The molecule has 0 unspecified atom stereocenters. The second kappa shape index (κ2) is 4.02. The molecule has 1 aliphatic rings. The maximum atomic E-state index is 11.4. The first-order chi connectivity index (χ1) is 6.21. The summed E-state index contributed by atoms with van der Waals surface area (Å²) in [5.74, 6) is -0.0397. The van der Waals surface area contributed by atoms with Gasteiger partial charge in [0.05, 0.1) is 12.1 Å². The zero-order valence-electron chi connectivity index (χ0n) is 7.75. The molecule has 0 aliphatic heterocycles. The number of hydrogen-bond acceptors (Lipinski definition) is 2. The van der Waals surface area contributed by atoms with Crippen LogP contribution in [0.3, 0.4) is 0 Å². The van der Waals surface area contributed by atoms with Gasteiger partial charge in [-0.1, -0.05) is 0 Å². The lowest BCUT2D eigenvalue weighted by Gasteiger charge is -2.08. The number of aromatic amines is 1. The van der Waals surface area contributed by atoms with Gasteiger partial charge < -0.3 is 16.0 Å². The molecule has 0 spiro atoms. The highest BCUT2D eigenvalue weighted by Gasteiger charge is 2.45. The molecular weight excluding hydrogens is 202 g/mol. The van der Waals surface area contributed by atoms with Crippen LogP contribution in [0.1, 0.15) is 18.5 Å². The molecule has 5 heteroatoms. The molecule has 1 aliphatic carbocycles. The van der Waals surface area contributed by atoms with Crippen LogP contribution in [-0.2, 0) is 11.3 Å². The van der Waals surface area contributed by atoms with E-state index in [2.05, 4.69) is 10.3 Å². The van der Waals surface area contributed by atoms with E-state index in [9.17, 15) is 4.79 Å². The number of amides is 1. The third kappa shape index (κ3) is 2.27. The van der Waals surface area contributed by atoms with Gasteiger partial charge in [0, 0.05) is 11.9 Å². The SMILES string of the molecule is Cl.NC1(C(=O)NCc2ccc[nH]2)CC1. The summed E-state index contributed by atoms with van der Waals surface area (Å²) in [4.78, 5) is 14.4. The summed E-state index contributed by atoms with van der Waals surface area (Å²) >= 11 is 0. The summed E-state index contributed by atoms with van der Waals surface area (Å²) < 4.78 is 0. The number of rotatable bonds is 3. The highest BCUT2D eigenvalue weighted by molar-refractivity contribution is 5.88. The predicted octanol–water partition coefficient (Wildman–Crippen LogP) is 0.544. The van der Waals surface area contributed by atoms with Crippen molar-refractivity contribution >= 4 is 18.3 Å². The maximum Gasteiger partial charge on any atom is 0.240 e. The molecule has 1 aromatic rings. The van der Waals surface area contributed by atoms with Crippen LogP contribution < -0.4 is 11.1 Å². The lowest BCUT2D eigenvalue weighted by Crippen LogP contribution is -2.42. The molecule has 0 bridgehead atoms. The second-order valence-electron chi connectivity index (χ2n) is 3.53. The van der Waals surface area contributed by atoms with Crippen molar-refractivity contribution in [3.05, 3.63) is 24.0 Å². The van der Waals surface area contributed by atoms with E-state index in [1.54, 1.807) is 0 Å². The third-order valence-electron chi connectivity index (χ3n) is 2.34. The fourth-order valence-electron chi connectivity index (χ4n) is 1.19. The van der Waals surface area contributed by atoms with E-state index >= 15 is 0 Å². The Labute approximate surface area is 88.7 Å². The smallest absolute Gasteiger partial charge is 0.240 e. The van der Waals surface area contributed by atoms with Gasteiger partial charge >= 0.3 is 0 Å². The normalized spacial score (nSPS) is 16.9. The van der Waals surface area contributed by atoms with E-state index in [1.165, 1.54) is 0 Å². The highest BCUT2D eigenvalue weighted by Crippen LogP contribution is 2.32. The van der Waals surface area contributed by atoms with E-state index in [0.29, 0.717) is 6.54 Å². The summed E-state index contributed by atoms with van der Waals surface area (Å²) in [6, 6.07) is 3.83. The van der Waals surface area contributed by atoms with E-state index in [1.807, 2.05) is 18.3 Å². The third-order valence-corrected chi connectivity index (χ3v) is 2.34. The van der Waals surface area contributed by atoms with Gasteiger partial charge in [0.25, 0.3) is 0 Å². The Morgan fingerprint density at radius 3 is 2.86 bits per heavy atom. The van der Waals surface area contributed by atoms with E-state index in [0.717, 1.165) is 18.5 Å². The standard InChI is InChI=1S/C9H13N3O.ClH/c10-9(3-4-9)8(13)12-6-7-2-1-5-11-7;/h1-2,5,11H,3-4,6,10H2,(H,12,13);1H. The number of carbonyl (C=O) groups is 1. The number of halogens is 1. The van der Waals surface area contributed by atoms with Gasteiger partial charge in [-0.25, -0.2) is 0 Å². The molecule has 1 heterocycles. The molecule has 1 amide bonds. The Morgan fingerprint density at radius 1 is 1.64 bits per heavy atom. The quantitative estimate of drug-likeness (QED) is 0.689. The minimum Gasteiger partial charge on any atom is -0.364 e. The largest absolute Gasteiger partial charge is 0.364 e. The Hall–Kier alpha value is -1.00. The molecule has 1 saturated carbocycles. The number of nitrogens with one attached hydrogen (secondary N) is 2. The number of aromatic nitrogens is 1. The van der Waals surface area contributed by atoms with Crippen molar-refractivity contribution < 1.29 is 4.79 Å². The van der Waals surface area contributed by atoms with E-state index in [4.69, 9.17) is 5.73 Å². The zero-order chi connectivity index (χ0) is 9.31. The molecule has 0 aromatic carbocycles. The van der Waals surface area contributed by atoms with Gasteiger partial charge in [-0.2, -0.15) is 0 Å². The minimum absolute atomic E-state index is 0. The maximum absolute atomic E-state index is 11.4. The number of hydrogen-bond donors (Lipinski definition) is 3. The van der Waals surface area contributed by atoms with Crippen LogP contribution in [0, 0.1) is 0 Å². The van der Waals surface area contributed by atoms with Gasteiger partial charge in [-0.15, -0.1) is 12.4 Å². The van der Waals surface area contributed by atoms with E-state index in [-0.39, 0.29) is 18.3 Å². The molecule has 0 radical (unpaired) electrons. The Morgan fingerprint density at radius 2 is 2.36 bits per heavy atom. The molecule has 4 N–H and O–H groups in total. The van der Waals surface area contributed by atoms with Crippen molar-refractivity contribution in [1.82, 2.24) is 10.3 Å². The van der Waals surface area contributed by atoms with Gasteiger partial charge in [0.15, 0.2) is 0 Å². The molecule has 78 valence electrons. The van der Waals surface area contributed by atoms with Crippen molar-refractivity contribution in [3.8, 4) is 0 Å². The van der Waals surface area contributed by atoms with Crippen molar-refractivity contribution in [2.75, 3.05) is 0 Å². The lowest BCUT2D eigenvalue weighted by molar-refractivity contribution is -0.123. The number of nitrogens with two attached hydrogens (primary N) is 1. The Bertz CT molecular complexity index is 306. The highest BCUT2D eigenvalue weighted by atomic mass is 35.5. The first kappa shape index (κ1) is 11.1. The summed E-state index contributed by atoms with van der Waals surface area (Å²) in [7, 11) is 0. The topological polar surface area (TPSA) is 70.9 Å². The van der Waals surface area contributed by atoms with Gasteiger partial charge in [0.2, 0.25) is 5.91 Å². The second-order valence-corrected chi connectivity index (χ2v) is 3.53. The summed E-state index contributed by atoms with van der Waals surface area (Å²) in [6.45, 7) is 0.533. The average Bonchev–Trinajstić information content (AvgIpc) is 2.70. The van der Waals surface area contributed by atoms with Crippen LogP contribution in [-0.4, -0.2) is 16.4 Å². The van der Waals surface area contributed by atoms with Crippen LogP contribution in [0.25, 0.3) is 0 Å². The molecule has 14 heavy (non-hydrogen) atoms. The fraction of sp³-hybridized carbons (Fsp3) is 0.444. The Balaban J connectivity index is 0.000000980. The molecule has 2 rings (SSSR count). The first-order valence-electron chi connectivity index (χ1n) is 4.40. The Kier molecular flexibility index (Phi) is 3.18. The molecule has 1 aromatic heterocycles. The summed E-state index contributed by atoms with van der Waals surface area (Å²) in [6.07, 6.45) is 3.45. The fourth-order valence-corrected chi connectivity index (χ4v) is 1.19. The minimum atomic E-state index is -0.563. The number of H-pyrrole nitrogens is 1. The first-order valence-corrected chi connectivity index (χ1v) is 4.40. The van der Waals surface area contributed by atoms with Crippen molar-refractivity contribution in [1.29, 1.82) is 0 Å². The van der Waals surface area contributed by atoms with Crippen LogP contribution >= 0.6 is 12.4 Å². The van der Waals surface area contributed by atoms with Gasteiger partial charge in [-0.3, -0.25) is 4.79 Å². The van der Waals surface area contributed by atoms with Crippen LogP contribution in [0.2, 0.25) is 0 Å². The van der Waals surface area contributed by atoms with Gasteiger partial charge in [0.1, 0.15) is 0 Å². The molecule has 0 atom stereocenters. The van der Waals surface area contributed by atoms with E-state index < -0.39 is 5.54 Å².